The molecule has 5 nitrogen and oxygen atoms in total. The molecule has 1 saturated heterocycles. The minimum absolute atomic E-state index is 0.00560. The van der Waals surface area contributed by atoms with Gasteiger partial charge in [0.15, 0.2) is 0 Å². The van der Waals surface area contributed by atoms with Crippen LogP contribution < -0.4 is 0 Å². The number of pyridine rings is 1. The molecule has 1 aromatic rings. The highest BCUT2D eigenvalue weighted by Gasteiger charge is 2.36. The van der Waals surface area contributed by atoms with Crippen molar-refractivity contribution in [3.8, 4) is 0 Å². The molecule has 1 aliphatic heterocycles. The summed E-state index contributed by atoms with van der Waals surface area (Å²) in [5.74, 6) is -1.52. The Balaban J connectivity index is 2.00. The summed E-state index contributed by atoms with van der Waals surface area (Å²) in [6, 6.07) is 3.82. The van der Waals surface area contributed by atoms with Crippen LogP contribution in [-0.4, -0.2) is 39.5 Å². The summed E-state index contributed by atoms with van der Waals surface area (Å²) in [7, 11) is 0. The van der Waals surface area contributed by atoms with Gasteiger partial charge in [-0.3, -0.25) is 14.6 Å². The zero-order valence-electron chi connectivity index (χ0n) is 10.2. The molecule has 18 heavy (non-hydrogen) atoms. The first-order valence-corrected chi connectivity index (χ1v) is 5.99. The number of nitrogens with zero attached hydrogens (tertiary/aromatic N) is 2. The number of aromatic nitrogens is 1. The SMILES string of the molecule is CC(Cc1cccnc1)N1CC(C(=O)O)CC1=O. The Morgan fingerprint density at radius 1 is 1.67 bits per heavy atom. The highest BCUT2D eigenvalue weighted by Crippen LogP contribution is 2.21. The quantitative estimate of drug-likeness (QED) is 0.861. The Morgan fingerprint density at radius 2 is 2.44 bits per heavy atom. The van der Waals surface area contributed by atoms with Crippen LogP contribution >= 0.6 is 0 Å². The monoisotopic (exact) mass is 248 g/mol. The third-order valence-electron chi connectivity index (χ3n) is 3.29. The van der Waals surface area contributed by atoms with Gasteiger partial charge in [-0.1, -0.05) is 6.07 Å². The molecule has 0 aliphatic carbocycles. The third kappa shape index (κ3) is 2.67. The number of carbonyl (C=O) groups is 2. The Labute approximate surface area is 105 Å². The molecule has 0 bridgehead atoms. The van der Waals surface area contributed by atoms with Gasteiger partial charge >= 0.3 is 5.97 Å². The van der Waals surface area contributed by atoms with E-state index < -0.39 is 11.9 Å². The molecule has 0 aromatic carbocycles. The standard InChI is InChI=1S/C13H16N2O3/c1-9(5-10-3-2-4-14-7-10)15-8-11(13(17)18)6-12(15)16/h2-4,7,9,11H,5-6,8H2,1H3,(H,17,18). The van der Waals surface area contributed by atoms with Gasteiger partial charge in [0.05, 0.1) is 5.92 Å². The van der Waals surface area contributed by atoms with Crippen molar-refractivity contribution in [3.05, 3.63) is 30.1 Å². The van der Waals surface area contributed by atoms with Gasteiger partial charge < -0.3 is 10.0 Å². The van der Waals surface area contributed by atoms with Gasteiger partial charge in [0.2, 0.25) is 5.91 Å². The van der Waals surface area contributed by atoms with Crippen molar-refractivity contribution in [3.63, 3.8) is 0 Å². The predicted octanol–water partition coefficient (Wildman–Crippen LogP) is 0.946. The molecule has 2 rings (SSSR count). The number of hydrogen-bond acceptors (Lipinski definition) is 3. The lowest BCUT2D eigenvalue weighted by molar-refractivity contribution is -0.141. The number of carboxylic acids is 1. The Morgan fingerprint density at radius 3 is 3.00 bits per heavy atom. The smallest absolute Gasteiger partial charge is 0.308 e. The van der Waals surface area contributed by atoms with Gasteiger partial charge in [-0.15, -0.1) is 0 Å². The lowest BCUT2D eigenvalue weighted by Crippen LogP contribution is -2.36. The summed E-state index contributed by atoms with van der Waals surface area (Å²) in [4.78, 5) is 28.3. The molecule has 2 unspecified atom stereocenters. The van der Waals surface area contributed by atoms with E-state index in [0.29, 0.717) is 13.0 Å². The van der Waals surface area contributed by atoms with Crippen LogP contribution in [0.3, 0.4) is 0 Å². The second-order valence-corrected chi connectivity index (χ2v) is 4.70. The molecule has 1 aliphatic rings. The summed E-state index contributed by atoms with van der Waals surface area (Å²) in [6.07, 6.45) is 4.29. The number of aliphatic carboxylic acids is 1. The molecule has 0 spiro atoms. The minimum atomic E-state index is -0.889. The van der Waals surface area contributed by atoms with Crippen LogP contribution in [0.5, 0.6) is 0 Å². The fraction of sp³-hybridized carbons (Fsp3) is 0.462. The Kier molecular flexibility index (Phi) is 3.60. The lowest BCUT2D eigenvalue weighted by Gasteiger charge is -2.24. The number of rotatable bonds is 4. The normalized spacial score (nSPS) is 21.1. The van der Waals surface area contributed by atoms with Crippen LogP contribution in [0.15, 0.2) is 24.5 Å². The maximum absolute atomic E-state index is 11.8. The van der Waals surface area contributed by atoms with E-state index in [1.807, 2.05) is 19.1 Å². The maximum Gasteiger partial charge on any atom is 0.308 e. The molecule has 1 amide bonds. The molecule has 0 saturated carbocycles. The fourth-order valence-electron chi connectivity index (χ4n) is 2.29. The van der Waals surface area contributed by atoms with Crippen LogP contribution in [0.1, 0.15) is 18.9 Å². The highest BCUT2D eigenvalue weighted by atomic mass is 16.4. The molecule has 2 heterocycles. The first kappa shape index (κ1) is 12.5. The second kappa shape index (κ2) is 5.16. The van der Waals surface area contributed by atoms with Gasteiger partial charge in [0, 0.05) is 31.4 Å². The molecule has 96 valence electrons. The van der Waals surface area contributed by atoms with Crippen LogP contribution in [0.25, 0.3) is 0 Å². The van der Waals surface area contributed by atoms with E-state index in [1.54, 1.807) is 17.3 Å². The molecule has 1 aromatic heterocycles. The van der Waals surface area contributed by atoms with Crippen LogP contribution in [-0.2, 0) is 16.0 Å². The minimum Gasteiger partial charge on any atom is -0.481 e. The van der Waals surface area contributed by atoms with Gasteiger partial charge in [0.25, 0.3) is 0 Å². The number of hydrogen-bond donors (Lipinski definition) is 1. The van der Waals surface area contributed by atoms with E-state index in [2.05, 4.69) is 4.98 Å². The summed E-state index contributed by atoms with van der Waals surface area (Å²) >= 11 is 0. The number of carboxylic acid groups (broad SMARTS) is 1. The van der Waals surface area contributed by atoms with Crippen molar-refractivity contribution in [2.75, 3.05) is 6.54 Å². The molecule has 0 radical (unpaired) electrons. The maximum atomic E-state index is 11.8. The van der Waals surface area contributed by atoms with E-state index in [9.17, 15) is 9.59 Å². The average Bonchev–Trinajstić information content (AvgIpc) is 2.73. The van der Waals surface area contributed by atoms with Gasteiger partial charge in [-0.25, -0.2) is 0 Å². The molecule has 1 N–H and O–H groups in total. The first-order valence-electron chi connectivity index (χ1n) is 5.99. The van der Waals surface area contributed by atoms with Crippen LogP contribution in [0.4, 0.5) is 0 Å². The highest BCUT2D eigenvalue weighted by molar-refractivity contribution is 5.86. The summed E-state index contributed by atoms with van der Waals surface area (Å²) in [6.45, 7) is 2.25. The topological polar surface area (TPSA) is 70.5 Å². The van der Waals surface area contributed by atoms with Gasteiger partial charge in [-0.05, 0) is 25.0 Å². The van der Waals surface area contributed by atoms with Crippen molar-refractivity contribution in [2.24, 2.45) is 5.92 Å². The summed E-state index contributed by atoms with van der Waals surface area (Å²) in [5, 5.41) is 8.93. The predicted molar refractivity (Wildman–Crippen MR) is 64.9 cm³/mol. The zero-order valence-corrected chi connectivity index (χ0v) is 10.2. The lowest BCUT2D eigenvalue weighted by atomic mass is 10.1. The van der Waals surface area contributed by atoms with Crippen LogP contribution in [0, 0.1) is 5.92 Å². The molecule has 2 atom stereocenters. The third-order valence-corrected chi connectivity index (χ3v) is 3.29. The molecular formula is C13H16N2O3. The van der Waals surface area contributed by atoms with Gasteiger partial charge in [0.1, 0.15) is 0 Å². The largest absolute Gasteiger partial charge is 0.481 e. The fourth-order valence-corrected chi connectivity index (χ4v) is 2.29. The summed E-state index contributed by atoms with van der Waals surface area (Å²) < 4.78 is 0. The Bertz CT molecular complexity index is 447. The molecular weight excluding hydrogens is 232 g/mol. The zero-order chi connectivity index (χ0) is 13.1. The van der Waals surface area contributed by atoms with Crippen molar-refractivity contribution in [2.45, 2.75) is 25.8 Å². The van der Waals surface area contributed by atoms with Crippen molar-refractivity contribution in [1.82, 2.24) is 9.88 Å². The number of amides is 1. The van der Waals surface area contributed by atoms with Crippen LogP contribution in [0.2, 0.25) is 0 Å². The summed E-state index contributed by atoms with van der Waals surface area (Å²) in [5.41, 5.74) is 1.05. The Hall–Kier alpha value is -1.91. The van der Waals surface area contributed by atoms with Gasteiger partial charge in [-0.2, -0.15) is 0 Å². The second-order valence-electron chi connectivity index (χ2n) is 4.70. The van der Waals surface area contributed by atoms with Crippen molar-refractivity contribution in [1.29, 1.82) is 0 Å². The van der Waals surface area contributed by atoms with Crippen molar-refractivity contribution >= 4 is 11.9 Å². The van der Waals surface area contributed by atoms with E-state index in [1.165, 1.54) is 0 Å². The molecule has 1 fully saturated rings. The van der Waals surface area contributed by atoms with Crippen molar-refractivity contribution < 1.29 is 14.7 Å². The first-order chi connectivity index (χ1) is 8.58. The van der Waals surface area contributed by atoms with E-state index in [-0.39, 0.29) is 18.4 Å². The molecule has 5 heteroatoms. The average molecular weight is 248 g/mol. The number of likely N-dealkylation sites (tertiary alicyclic amines) is 1. The van der Waals surface area contributed by atoms with E-state index >= 15 is 0 Å². The number of carbonyl (C=O) groups excluding carboxylic acids is 1. The van der Waals surface area contributed by atoms with E-state index in [4.69, 9.17) is 5.11 Å². The van der Waals surface area contributed by atoms with E-state index in [0.717, 1.165) is 5.56 Å².